The van der Waals surface area contributed by atoms with E-state index in [9.17, 15) is 0 Å². The Balaban J connectivity index is 1.84. The molecule has 2 saturated carbocycles. The van der Waals surface area contributed by atoms with Crippen LogP contribution in [0.1, 0.15) is 74.3 Å². The fourth-order valence-corrected chi connectivity index (χ4v) is 4.72. The van der Waals surface area contributed by atoms with Gasteiger partial charge in [-0.15, -0.1) is 0 Å². The van der Waals surface area contributed by atoms with Crippen molar-refractivity contribution in [3.8, 4) is 11.1 Å². The van der Waals surface area contributed by atoms with Crippen LogP contribution in [0.25, 0.3) is 11.1 Å². The van der Waals surface area contributed by atoms with Gasteiger partial charge >= 0.3 is 0 Å². The van der Waals surface area contributed by atoms with Gasteiger partial charge in [-0.3, -0.25) is 0 Å². The molecule has 2 aliphatic carbocycles. The van der Waals surface area contributed by atoms with Crippen LogP contribution >= 0.6 is 0 Å². The molecule has 0 heterocycles. The highest BCUT2D eigenvalue weighted by Crippen LogP contribution is 2.46. The second-order valence-electron chi connectivity index (χ2n) is 7.14. The molecule has 0 aliphatic heterocycles. The molecule has 0 atom stereocenters. The van der Waals surface area contributed by atoms with Crippen molar-refractivity contribution in [3.05, 3.63) is 59.7 Å². The Morgan fingerprint density at radius 1 is 0.591 bits per heavy atom. The number of hydrogen-bond donors (Lipinski definition) is 0. The van der Waals surface area contributed by atoms with Crippen LogP contribution in [0, 0.1) is 0 Å². The highest BCUT2D eigenvalue weighted by molar-refractivity contribution is 5.70. The molecule has 2 aromatic rings. The van der Waals surface area contributed by atoms with Gasteiger partial charge in [0.2, 0.25) is 0 Å². The summed E-state index contributed by atoms with van der Waals surface area (Å²) in [5.41, 5.74) is 6.31. The van der Waals surface area contributed by atoms with Gasteiger partial charge in [0.25, 0.3) is 0 Å². The summed E-state index contributed by atoms with van der Waals surface area (Å²) in [7, 11) is 0. The minimum atomic E-state index is 0.798. The van der Waals surface area contributed by atoms with E-state index >= 15 is 0 Å². The molecule has 4 rings (SSSR count). The molecule has 0 aromatic heterocycles. The highest BCUT2D eigenvalue weighted by atomic mass is 14.3. The minimum Gasteiger partial charge on any atom is -0.0622 e. The zero-order valence-corrected chi connectivity index (χ0v) is 13.4. The smallest absolute Gasteiger partial charge is 0.0146 e. The first-order valence-electron chi connectivity index (χ1n) is 9.12. The highest BCUT2D eigenvalue weighted by Gasteiger charge is 2.27. The van der Waals surface area contributed by atoms with Gasteiger partial charge in [-0.05, 0) is 59.8 Å². The van der Waals surface area contributed by atoms with Gasteiger partial charge in [0.05, 0.1) is 0 Å². The zero-order chi connectivity index (χ0) is 14.8. The Bertz CT molecular complexity index is 614. The maximum atomic E-state index is 2.44. The van der Waals surface area contributed by atoms with E-state index in [0.29, 0.717) is 0 Å². The summed E-state index contributed by atoms with van der Waals surface area (Å²) in [6.45, 7) is 0. The van der Waals surface area contributed by atoms with E-state index < -0.39 is 0 Å². The predicted molar refractivity (Wildman–Crippen MR) is 94.3 cm³/mol. The lowest BCUT2D eigenvalue weighted by Gasteiger charge is -2.23. The van der Waals surface area contributed by atoms with Crippen LogP contribution in [0.2, 0.25) is 0 Å². The van der Waals surface area contributed by atoms with Crippen molar-refractivity contribution in [2.45, 2.75) is 63.2 Å². The summed E-state index contributed by atoms with van der Waals surface area (Å²) < 4.78 is 0. The van der Waals surface area contributed by atoms with Crippen molar-refractivity contribution in [1.82, 2.24) is 0 Å². The van der Waals surface area contributed by atoms with E-state index in [1.807, 2.05) is 0 Å². The molecule has 0 amide bonds. The molecular formula is C22H26. The van der Waals surface area contributed by atoms with Crippen LogP contribution in [0.5, 0.6) is 0 Å². The van der Waals surface area contributed by atoms with E-state index in [1.54, 1.807) is 11.1 Å². The van der Waals surface area contributed by atoms with Crippen molar-refractivity contribution < 1.29 is 0 Å². The molecule has 2 aromatic carbocycles. The van der Waals surface area contributed by atoms with Gasteiger partial charge in [-0.2, -0.15) is 0 Å². The summed E-state index contributed by atoms with van der Waals surface area (Å²) in [4.78, 5) is 0. The lowest BCUT2D eigenvalue weighted by atomic mass is 9.81. The maximum Gasteiger partial charge on any atom is -0.0146 e. The van der Waals surface area contributed by atoms with Crippen molar-refractivity contribution in [3.63, 3.8) is 0 Å². The lowest BCUT2D eigenvalue weighted by molar-refractivity contribution is 0.666. The average Bonchev–Trinajstić information content (AvgIpc) is 3.28. The molecule has 0 bridgehead atoms. The van der Waals surface area contributed by atoms with Gasteiger partial charge in [0, 0.05) is 0 Å². The van der Waals surface area contributed by atoms with Gasteiger partial charge in [-0.25, -0.2) is 0 Å². The van der Waals surface area contributed by atoms with Crippen molar-refractivity contribution in [2.75, 3.05) is 0 Å². The monoisotopic (exact) mass is 290 g/mol. The van der Waals surface area contributed by atoms with Gasteiger partial charge < -0.3 is 0 Å². The van der Waals surface area contributed by atoms with E-state index in [0.717, 1.165) is 11.8 Å². The normalized spacial score (nSPS) is 19.8. The summed E-state index contributed by atoms with van der Waals surface area (Å²) in [5.74, 6) is 1.62. The molecule has 0 heteroatoms. The van der Waals surface area contributed by atoms with E-state index in [2.05, 4.69) is 48.5 Å². The van der Waals surface area contributed by atoms with Crippen molar-refractivity contribution in [1.29, 1.82) is 0 Å². The maximum absolute atomic E-state index is 2.44. The number of hydrogen-bond acceptors (Lipinski definition) is 0. The Labute approximate surface area is 134 Å². The zero-order valence-electron chi connectivity index (χ0n) is 13.4. The first-order chi connectivity index (χ1) is 10.9. The summed E-state index contributed by atoms with van der Waals surface area (Å²) in [5, 5.41) is 0. The molecule has 0 radical (unpaired) electrons. The van der Waals surface area contributed by atoms with Crippen molar-refractivity contribution in [2.24, 2.45) is 0 Å². The van der Waals surface area contributed by atoms with Gasteiger partial charge in [0.1, 0.15) is 0 Å². The van der Waals surface area contributed by atoms with Crippen LogP contribution < -0.4 is 0 Å². The minimum absolute atomic E-state index is 0.798. The molecule has 0 N–H and O–H groups in total. The van der Waals surface area contributed by atoms with E-state index in [4.69, 9.17) is 0 Å². The quantitative estimate of drug-likeness (QED) is 0.592. The summed E-state index contributed by atoms with van der Waals surface area (Å²) in [6.07, 6.45) is 11.3. The summed E-state index contributed by atoms with van der Waals surface area (Å²) in [6, 6.07) is 18.1. The third-order valence-corrected chi connectivity index (χ3v) is 5.78. The van der Waals surface area contributed by atoms with Crippen LogP contribution in [0.3, 0.4) is 0 Å². The molecular weight excluding hydrogens is 264 g/mol. The molecule has 2 aliphatic rings. The molecule has 22 heavy (non-hydrogen) atoms. The largest absolute Gasteiger partial charge is 0.0622 e. The molecule has 2 fully saturated rings. The van der Waals surface area contributed by atoms with Crippen molar-refractivity contribution >= 4 is 0 Å². The van der Waals surface area contributed by atoms with Crippen LogP contribution in [-0.2, 0) is 0 Å². The van der Waals surface area contributed by atoms with Crippen LogP contribution in [-0.4, -0.2) is 0 Å². The van der Waals surface area contributed by atoms with Crippen LogP contribution in [0.15, 0.2) is 48.5 Å². The standard InChI is InChI=1S/C22H26/c1-2-9-17(10-3-1)20-15-8-16-21(18-11-4-5-12-18)22(20)19-13-6-7-14-19/h1-3,8-10,15-16,18-19H,4-7,11-14H2. The first kappa shape index (κ1) is 14.1. The van der Waals surface area contributed by atoms with E-state index in [1.165, 1.54) is 62.5 Å². The topological polar surface area (TPSA) is 0 Å². The second kappa shape index (κ2) is 6.28. The Kier molecular flexibility index (Phi) is 4.01. The van der Waals surface area contributed by atoms with Gasteiger partial charge in [0.15, 0.2) is 0 Å². The molecule has 0 nitrogen and oxygen atoms in total. The number of rotatable bonds is 3. The lowest BCUT2D eigenvalue weighted by Crippen LogP contribution is -2.05. The second-order valence-corrected chi connectivity index (χ2v) is 7.14. The average molecular weight is 290 g/mol. The third-order valence-electron chi connectivity index (χ3n) is 5.78. The Morgan fingerprint density at radius 3 is 1.91 bits per heavy atom. The van der Waals surface area contributed by atoms with E-state index in [-0.39, 0.29) is 0 Å². The SMILES string of the molecule is c1ccc(-c2cccc(C3CCCC3)c2C2CCCC2)cc1. The Morgan fingerprint density at radius 2 is 1.23 bits per heavy atom. The first-order valence-corrected chi connectivity index (χ1v) is 9.12. The van der Waals surface area contributed by atoms with Crippen LogP contribution in [0.4, 0.5) is 0 Å². The fourth-order valence-electron chi connectivity index (χ4n) is 4.72. The molecule has 0 unspecified atom stereocenters. The van der Waals surface area contributed by atoms with Gasteiger partial charge in [-0.1, -0.05) is 74.2 Å². The molecule has 0 spiro atoms. The Hall–Kier alpha value is -1.56. The summed E-state index contributed by atoms with van der Waals surface area (Å²) >= 11 is 0. The predicted octanol–water partition coefficient (Wildman–Crippen LogP) is 6.67. The fraction of sp³-hybridized carbons (Fsp3) is 0.455. The third kappa shape index (κ3) is 2.60. The number of benzene rings is 2. The molecule has 0 saturated heterocycles. The molecule has 114 valence electrons.